The predicted molar refractivity (Wildman–Crippen MR) is 117 cm³/mol. The van der Waals surface area contributed by atoms with Crippen LogP contribution in [0, 0.1) is 0 Å². The van der Waals surface area contributed by atoms with Crippen LogP contribution in [0.3, 0.4) is 0 Å². The van der Waals surface area contributed by atoms with Gasteiger partial charge >= 0.3 is 6.03 Å². The summed E-state index contributed by atoms with van der Waals surface area (Å²) in [6.45, 7) is 9.68. The third-order valence-electron chi connectivity index (χ3n) is 5.58. The molecule has 30 heavy (non-hydrogen) atoms. The lowest BCUT2D eigenvalue weighted by Crippen LogP contribution is -2.42. The Morgan fingerprint density at radius 1 is 1.07 bits per heavy atom. The van der Waals surface area contributed by atoms with Gasteiger partial charge in [-0.1, -0.05) is 70.2 Å². The molecule has 0 aliphatic carbocycles. The van der Waals surface area contributed by atoms with Crippen molar-refractivity contribution in [1.82, 2.24) is 10.2 Å². The van der Waals surface area contributed by atoms with E-state index in [0.717, 1.165) is 22.4 Å². The van der Waals surface area contributed by atoms with Crippen molar-refractivity contribution in [2.45, 2.75) is 52.0 Å². The summed E-state index contributed by atoms with van der Waals surface area (Å²) in [5.41, 5.74) is 2.30. The van der Waals surface area contributed by atoms with Gasteiger partial charge in [-0.05, 0) is 41.5 Å². The molecule has 158 valence electrons. The van der Waals surface area contributed by atoms with Gasteiger partial charge in [-0.3, -0.25) is 14.5 Å². The SMILES string of the molecule is CCc1ccccc1NC(=O)CN1C(=O)NC(C)(c2ccc(C(C)(C)C)cc2)C1=O. The first-order valence-corrected chi connectivity index (χ1v) is 10.2. The largest absolute Gasteiger partial charge is 0.325 e. The number of carbonyl (C=O) groups excluding carboxylic acids is 3. The van der Waals surface area contributed by atoms with Crippen molar-refractivity contribution in [1.29, 1.82) is 0 Å². The summed E-state index contributed by atoms with van der Waals surface area (Å²) in [5, 5.41) is 5.56. The van der Waals surface area contributed by atoms with Gasteiger partial charge in [-0.25, -0.2) is 4.79 Å². The fraction of sp³-hybridized carbons (Fsp3) is 0.375. The second-order valence-corrected chi connectivity index (χ2v) is 8.83. The molecule has 2 N–H and O–H groups in total. The summed E-state index contributed by atoms with van der Waals surface area (Å²) < 4.78 is 0. The summed E-state index contributed by atoms with van der Waals surface area (Å²) in [7, 11) is 0. The zero-order valence-corrected chi connectivity index (χ0v) is 18.2. The maximum absolute atomic E-state index is 13.1. The number of imide groups is 1. The normalized spacial score (nSPS) is 19.0. The average molecular weight is 408 g/mol. The zero-order chi connectivity index (χ0) is 22.1. The molecule has 1 aliphatic heterocycles. The molecule has 4 amide bonds. The van der Waals surface area contributed by atoms with Gasteiger partial charge in [-0.2, -0.15) is 0 Å². The van der Waals surface area contributed by atoms with Crippen molar-refractivity contribution in [3.8, 4) is 0 Å². The van der Waals surface area contributed by atoms with E-state index in [1.54, 1.807) is 6.92 Å². The molecule has 0 radical (unpaired) electrons. The molecular weight excluding hydrogens is 378 g/mol. The van der Waals surface area contributed by atoms with Crippen LogP contribution in [0.25, 0.3) is 0 Å². The number of nitrogens with one attached hydrogen (secondary N) is 2. The van der Waals surface area contributed by atoms with Crippen LogP contribution in [0.15, 0.2) is 48.5 Å². The Hall–Kier alpha value is -3.15. The van der Waals surface area contributed by atoms with Gasteiger partial charge in [0.2, 0.25) is 5.91 Å². The highest BCUT2D eigenvalue weighted by atomic mass is 16.2. The number of anilines is 1. The van der Waals surface area contributed by atoms with Gasteiger partial charge < -0.3 is 10.6 Å². The van der Waals surface area contributed by atoms with Gasteiger partial charge in [0.1, 0.15) is 12.1 Å². The quantitative estimate of drug-likeness (QED) is 0.737. The molecule has 0 bridgehead atoms. The molecule has 0 saturated carbocycles. The third-order valence-corrected chi connectivity index (χ3v) is 5.58. The number of nitrogens with zero attached hydrogens (tertiary/aromatic N) is 1. The zero-order valence-electron chi connectivity index (χ0n) is 18.2. The van der Waals surface area contributed by atoms with Crippen LogP contribution >= 0.6 is 0 Å². The maximum atomic E-state index is 13.1. The first-order valence-electron chi connectivity index (χ1n) is 10.2. The monoisotopic (exact) mass is 407 g/mol. The van der Waals surface area contributed by atoms with E-state index >= 15 is 0 Å². The van der Waals surface area contributed by atoms with Crippen LogP contribution in [0.4, 0.5) is 10.5 Å². The van der Waals surface area contributed by atoms with Crippen LogP contribution < -0.4 is 10.6 Å². The molecule has 2 aromatic rings. The Labute approximate surface area is 177 Å². The molecule has 1 fully saturated rings. The number of hydrogen-bond acceptors (Lipinski definition) is 3. The standard InChI is InChI=1S/C24H29N3O3/c1-6-16-9-7-8-10-19(16)25-20(28)15-27-21(29)24(5,26-22(27)30)18-13-11-17(12-14-18)23(2,3)4/h7-14H,6,15H2,1-5H3,(H,25,28)(H,26,30). The highest BCUT2D eigenvalue weighted by Crippen LogP contribution is 2.31. The van der Waals surface area contributed by atoms with E-state index in [1.165, 1.54) is 0 Å². The van der Waals surface area contributed by atoms with Crippen LogP contribution in [0.1, 0.15) is 51.3 Å². The Bertz CT molecular complexity index is 976. The van der Waals surface area contributed by atoms with Gasteiger partial charge in [0.25, 0.3) is 5.91 Å². The highest BCUT2D eigenvalue weighted by Gasteiger charge is 2.49. The van der Waals surface area contributed by atoms with Gasteiger partial charge in [-0.15, -0.1) is 0 Å². The number of benzene rings is 2. The van der Waals surface area contributed by atoms with E-state index in [1.807, 2.05) is 55.5 Å². The first kappa shape index (κ1) is 21.6. The van der Waals surface area contributed by atoms with Crippen molar-refractivity contribution < 1.29 is 14.4 Å². The minimum absolute atomic E-state index is 0.0126. The molecule has 1 atom stereocenters. The lowest BCUT2D eigenvalue weighted by Gasteiger charge is -2.24. The number of para-hydroxylation sites is 1. The van der Waals surface area contributed by atoms with Crippen molar-refractivity contribution in [3.05, 3.63) is 65.2 Å². The smallest absolute Gasteiger partial charge is 0.324 e. The number of rotatable bonds is 5. The lowest BCUT2D eigenvalue weighted by molar-refractivity contribution is -0.133. The highest BCUT2D eigenvalue weighted by molar-refractivity contribution is 6.10. The molecule has 6 nitrogen and oxygen atoms in total. The molecule has 1 saturated heterocycles. The van der Waals surface area contributed by atoms with E-state index < -0.39 is 23.4 Å². The lowest BCUT2D eigenvalue weighted by atomic mass is 9.84. The molecule has 1 unspecified atom stereocenters. The molecule has 0 spiro atoms. The van der Waals surface area contributed by atoms with Crippen LogP contribution in [0.5, 0.6) is 0 Å². The predicted octanol–water partition coefficient (Wildman–Crippen LogP) is 3.95. The van der Waals surface area contributed by atoms with E-state index in [2.05, 4.69) is 31.4 Å². The molecule has 6 heteroatoms. The Morgan fingerprint density at radius 3 is 2.30 bits per heavy atom. The van der Waals surface area contributed by atoms with Gasteiger partial charge in [0, 0.05) is 5.69 Å². The van der Waals surface area contributed by atoms with Gasteiger partial charge in [0.05, 0.1) is 0 Å². The van der Waals surface area contributed by atoms with Gasteiger partial charge in [0.15, 0.2) is 0 Å². The second kappa shape index (κ2) is 7.94. The number of amides is 4. The minimum Gasteiger partial charge on any atom is -0.324 e. The fourth-order valence-corrected chi connectivity index (χ4v) is 3.62. The summed E-state index contributed by atoms with van der Waals surface area (Å²) in [6.07, 6.45) is 0.766. The van der Waals surface area contributed by atoms with Crippen LogP contribution in [-0.4, -0.2) is 29.3 Å². The minimum atomic E-state index is -1.20. The molecule has 0 aromatic heterocycles. The van der Waals surface area contributed by atoms with E-state index in [9.17, 15) is 14.4 Å². The van der Waals surface area contributed by atoms with Crippen molar-refractivity contribution >= 4 is 23.5 Å². The topological polar surface area (TPSA) is 78.5 Å². The Morgan fingerprint density at radius 2 is 1.70 bits per heavy atom. The fourth-order valence-electron chi connectivity index (χ4n) is 3.62. The summed E-state index contributed by atoms with van der Waals surface area (Å²) in [5.74, 6) is -0.846. The number of urea groups is 1. The molecule has 1 heterocycles. The van der Waals surface area contributed by atoms with Crippen molar-refractivity contribution in [2.75, 3.05) is 11.9 Å². The summed E-state index contributed by atoms with van der Waals surface area (Å²) in [4.78, 5) is 39.1. The molecule has 2 aromatic carbocycles. The average Bonchev–Trinajstić information content (AvgIpc) is 2.92. The third kappa shape index (κ3) is 4.08. The number of aryl methyl sites for hydroxylation is 1. The molecule has 1 aliphatic rings. The Kier molecular flexibility index (Phi) is 5.70. The van der Waals surface area contributed by atoms with E-state index in [0.29, 0.717) is 11.3 Å². The second-order valence-electron chi connectivity index (χ2n) is 8.83. The number of hydrogen-bond donors (Lipinski definition) is 2. The summed E-state index contributed by atoms with van der Waals surface area (Å²) >= 11 is 0. The van der Waals surface area contributed by atoms with Crippen LogP contribution in [-0.2, 0) is 27.0 Å². The molecular formula is C24H29N3O3. The summed E-state index contributed by atoms with van der Waals surface area (Å²) in [6, 6.07) is 14.6. The number of carbonyl (C=O) groups is 3. The van der Waals surface area contributed by atoms with E-state index in [4.69, 9.17) is 0 Å². The maximum Gasteiger partial charge on any atom is 0.325 e. The van der Waals surface area contributed by atoms with Crippen molar-refractivity contribution in [2.24, 2.45) is 0 Å². The van der Waals surface area contributed by atoms with Crippen LogP contribution in [0.2, 0.25) is 0 Å². The Balaban J connectivity index is 1.76. The molecule has 3 rings (SSSR count). The first-order chi connectivity index (χ1) is 14.1. The van der Waals surface area contributed by atoms with Crippen molar-refractivity contribution in [3.63, 3.8) is 0 Å². The van der Waals surface area contributed by atoms with E-state index in [-0.39, 0.29) is 12.0 Å².